The number of allylic oxidation sites excluding steroid dienone is 1. The highest BCUT2D eigenvalue weighted by atomic mass is 32.2. The van der Waals surface area contributed by atoms with Crippen LogP contribution in [0.5, 0.6) is 5.75 Å². The van der Waals surface area contributed by atoms with Crippen LogP contribution in [-0.4, -0.2) is 28.6 Å². The Bertz CT molecular complexity index is 468. The molecule has 0 spiro atoms. The molecular formula is C14H16O4S. The molecule has 0 aliphatic heterocycles. The lowest BCUT2D eigenvalue weighted by Gasteiger charge is -2.06. The van der Waals surface area contributed by atoms with Crippen molar-refractivity contribution in [1.82, 2.24) is 0 Å². The Morgan fingerprint density at radius 1 is 1.37 bits per heavy atom. The molecule has 0 saturated carbocycles. The summed E-state index contributed by atoms with van der Waals surface area (Å²) in [6.07, 6.45) is 4.59. The molecule has 5 heteroatoms. The highest BCUT2D eigenvalue weighted by Crippen LogP contribution is 2.19. The summed E-state index contributed by atoms with van der Waals surface area (Å²) in [4.78, 5) is 21.2. The van der Waals surface area contributed by atoms with Crippen LogP contribution in [0.2, 0.25) is 0 Å². The van der Waals surface area contributed by atoms with Gasteiger partial charge in [-0.1, -0.05) is 42.1 Å². The van der Waals surface area contributed by atoms with Crippen LogP contribution in [-0.2, 0) is 9.59 Å². The zero-order valence-corrected chi connectivity index (χ0v) is 11.5. The Labute approximate surface area is 116 Å². The van der Waals surface area contributed by atoms with Gasteiger partial charge in [0.2, 0.25) is 0 Å². The Balaban J connectivity index is 2.54. The van der Waals surface area contributed by atoms with Crippen molar-refractivity contribution in [3.63, 3.8) is 0 Å². The largest absolute Gasteiger partial charge is 0.481 e. The van der Waals surface area contributed by atoms with Crippen molar-refractivity contribution in [3.8, 4) is 5.75 Å². The average Bonchev–Trinajstić information content (AvgIpc) is 2.36. The molecule has 102 valence electrons. The van der Waals surface area contributed by atoms with E-state index in [2.05, 4.69) is 0 Å². The van der Waals surface area contributed by atoms with Crippen molar-refractivity contribution in [2.45, 2.75) is 13.3 Å². The van der Waals surface area contributed by atoms with Gasteiger partial charge in [0.1, 0.15) is 5.75 Å². The minimum Gasteiger partial charge on any atom is -0.481 e. The summed E-state index contributed by atoms with van der Waals surface area (Å²) in [5.74, 6) is 0.279. The molecule has 0 heterocycles. The molecule has 1 rings (SSSR count). The van der Waals surface area contributed by atoms with Crippen molar-refractivity contribution >= 4 is 28.9 Å². The van der Waals surface area contributed by atoms with Crippen LogP contribution in [0.4, 0.5) is 0 Å². The molecule has 1 aromatic carbocycles. The fraction of sp³-hybridized carbons (Fsp3) is 0.286. The van der Waals surface area contributed by atoms with Crippen LogP contribution in [0.25, 0.3) is 6.08 Å². The van der Waals surface area contributed by atoms with Crippen LogP contribution in [0.1, 0.15) is 18.9 Å². The summed E-state index contributed by atoms with van der Waals surface area (Å²) < 4.78 is 5.18. The zero-order chi connectivity index (χ0) is 14.1. The maximum Gasteiger partial charge on any atom is 0.341 e. The van der Waals surface area contributed by atoms with Gasteiger partial charge in [-0.2, -0.15) is 0 Å². The number of carbonyl (C=O) groups excluding carboxylic acids is 1. The molecular weight excluding hydrogens is 264 g/mol. The Kier molecular flexibility index (Phi) is 6.74. The topological polar surface area (TPSA) is 63.6 Å². The Hall–Kier alpha value is -1.75. The Morgan fingerprint density at radius 2 is 2.11 bits per heavy atom. The van der Waals surface area contributed by atoms with E-state index >= 15 is 0 Å². The molecule has 0 radical (unpaired) electrons. The smallest absolute Gasteiger partial charge is 0.341 e. The number of carboxylic acids is 1. The van der Waals surface area contributed by atoms with E-state index in [9.17, 15) is 9.59 Å². The van der Waals surface area contributed by atoms with Gasteiger partial charge in [-0.15, -0.1) is 0 Å². The highest BCUT2D eigenvalue weighted by molar-refractivity contribution is 8.13. The highest BCUT2D eigenvalue weighted by Gasteiger charge is 2.02. The third-order valence-corrected chi connectivity index (χ3v) is 3.00. The first-order chi connectivity index (χ1) is 9.09. The summed E-state index contributed by atoms with van der Waals surface area (Å²) in [6.45, 7) is 1.19. The minimum absolute atomic E-state index is 0.110. The second-order valence-electron chi connectivity index (χ2n) is 3.75. The number of ether oxygens (including phenoxy) is 1. The van der Waals surface area contributed by atoms with Gasteiger partial charge < -0.3 is 9.84 Å². The number of hydrogen-bond donors (Lipinski definition) is 1. The SMILES string of the molecule is CC(=O)SCCC=Cc1ccccc1OCC(=O)O. The molecule has 0 bridgehead atoms. The van der Waals surface area contributed by atoms with E-state index in [0.717, 1.165) is 17.7 Å². The number of benzene rings is 1. The molecule has 0 amide bonds. The average molecular weight is 280 g/mol. The van der Waals surface area contributed by atoms with E-state index < -0.39 is 5.97 Å². The maximum atomic E-state index is 10.7. The zero-order valence-electron chi connectivity index (χ0n) is 10.7. The molecule has 0 saturated heterocycles. The first-order valence-electron chi connectivity index (χ1n) is 5.83. The number of carboxylic acid groups (broad SMARTS) is 1. The van der Waals surface area contributed by atoms with Gasteiger partial charge >= 0.3 is 5.97 Å². The lowest BCUT2D eigenvalue weighted by molar-refractivity contribution is -0.139. The van der Waals surface area contributed by atoms with Gasteiger partial charge in [-0.3, -0.25) is 4.79 Å². The van der Waals surface area contributed by atoms with Crippen LogP contribution >= 0.6 is 11.8 Å². The van der Waals surface area contributed by atoms with Crippen molar-refractivity contribution in [2.75, 3.05) is 12.4 Å². The second kappa shape index (κ2) is 8.37. The van der Waals surface area contributed by atoms with Crippen LogP contribution in [0.3, 0.4) is 0 Å². The van der Waals surface area contributed by atoms with Gasteiger partial charge in [-0.25, -0.2) is 4.79 Å². The van der Waals surface area contributed by atoms with Crippen molar-refractivity contribution in [3.05, 3.63) is 35.9 Å². The number of para-hydroxylation sites is 1. The number of hydrogen-bond acceptors (Lipinski definition) is 4. The molecule has 0 fully saturated rings. The lowest BCUT2D eigenvalue weighted by Crippen LogP contribution is -2.09. The molecule has 0 aliphatic rings. The second-order valence-corrected chi connectivity index (χ2v) is 5.02. The molecule has 1 N–H and O–H groups in total. The molecule has 1 aromatic rings. The fourth-order valence-electron chi connectivity index (χ4n) is 1.37. The summed E-state index contributed by atoms with van der Waals surface area (Å²) in [6, 6.07) is 7.23. The molecule has 4 nitrogen and oxygen atoms in total. The van der Waals surface area contributed by atoms with Crippen molar-refractivity contribution in [2.24, 2.45) is 0 Å². The first kappa shape index (κ1) is 15.3. The van der Waals surface area contributed by atoms with Gasteiger partial charge in [0.25, 0.3) is 0 Å². The van der Waals surface area contributed by atoms with E-state index in [0.29, 0.717) is 5.75 Å². The normalized spacial score (nSPS) is 10.6. The standard InChI is InChI=1S/C14H16O4S/c1-11(15)19-9-5-4-7-12-6-2-3-8-13(12)18-10-14(16)17/h2-4,6-8H,5,9-10H2,1H3,(H,16,17). The molecule has 0 atom stereocenters. The summed E-state index contributed by atoms with van der Waals surface area (Å²) in [7, 11) is 0. The number of rotatable bonds is 7. The van der Waals surface area contributed by atoms with Crippen LogP contribution in [0, 0.1) is 0 Å². The molecule has 19 heavy (non-hydrogen) atoms. The van der Waals surface area contributed by atoms with E-state index in [-0.39, 0.29) is 11.7 Å². The van der Waals surface area contributed by atoms with Crippen LogP contribution in [0.15, 0.2) is 30.3 Å². The fourth-order valence-corrected chi connectivity index (χ4v) is 1.91. The van der Waals surface area contributed by atoms with E-state index in [1.54, 1.807) is 19.1 Å². The summed E-state index contributed by atoms with van der Waals surface area (Å²) >= 11 is 1.29. The summed E-state index contributed by atoms with van der Waals surface area (Å²) in [5, 5.41) is 8.70. The van der Waals surface area contributed by atoms with Crippen molar-refractivity contribution < 1.29 is 19.4 Å². The van der Waals surface area contributed by atoms with Gasteiger partial charge in [0.15, 0.2) is 11.7 Å². The number of aliphatic carboxylic acids is 1. The molecule has 0 aromatic heterocycles. The molecule has 0 unspecified atom stereocenters. The predicted molar refractivity (Wildman–Crippen MR) is 76.4 cm³/mol. The van der Waals surface area contributed by atoms with Gasteiger partial charge in [0, 0.05) is 18.2 Å². The van der Waals surface area contributed by atoms with E-state index in [4.69, 9.17) is 9.84 Å². The number of thioether (sulfide) groups is 1. The van der Waals surface area contributed by atoms with Crippen molar-refractivity contribution in [1.29, 1.82) is 0 Å². The van der Waals surface area contributed by atoms with Crippen LogP contribution < -0.4 is 4.74 Å². The first-order valence-corrected chi connectivity index (χ1v) is 6.81. The number of carbonyl (C=O) groups is 2. The van der Waals surface area contributed by atoms with E-state index in [1.807, 2.05) is 24.3 Å². The molecule has 0 aliphatic carbocycles. The quantitative estimate of drug-likeness (QED) is 0.778. The van der Waals surface area contributed by atoms with Gasteiger partial charge in [-0.05, 0) is 12.5 Å². The minimum atomic E-state index is -1.00. The summed E-state index contributed by atoms with van der Waals surface area (Å²) in [5.41, 5.74) is 0.830. The predicted octanol–water partition coefficient (Wildman–Crippen LogP) is 2.83. The lowest BCUT2D eigenvalue weighted by atomic mass is 10.2. The third-order valence-electron chi connectivity index (χ3n) is 2.16. The Morgan fingerprint density at radius 3 is 2.79 bits per heavy atom. The monoisotopic (exact) mass is 280 g/mol. The maximum absolute atomic E-state index is 10.7. The van der Waals surface area contributed by atoms with E-state index in [1.165, 1.54) is 11.8 Å². The van der Waals surface area contributed by atoms with Gasteiger partial charge in [0.05, 0.1) is 0 Å². The third kappa shape index (κ3) is 6.67.